The van der Waals surface area contributed by atoms with Crippen molar-refractivity contribution in [3.8, 4) is 11.5 Å². The van der Waals surface area contributed by atoms with Gasteiger partial charge in [0.1, 0.15) is 11.5 Å². The summed E-state index contributed by atoms with van der Waals surface area (Å²) in [5.41, 5.74) is 1.84. The molecule has 1 heterocycles. The first-order chi connectivity index (χ1) is 9.31. The third-order valence-corrected chi connectivity index (χ3v) is 2.90. The van der Waals surface area contributed by atoms with E-state index in [4.69, 9.17) is 9.47 Å². The van der Waals surface area contributed by atoms with Crippen LogP contribution in [0.25, 0.3) is 0 Å². The van der Waals surface area contributed by atoms with Crippen LogP contribution in [-0.2, 0) is 6.42 Å². The molecule has 0 aromatic heterocycles. The number of hydrogen-bond acceptors (Lipinski definition) is 3. The highest BCUT2D eigenvalue weighted by molar-refractivity contribution is 5.86. The summed E-state index contributed by atoms with van der Waals surface area (Å²) in [5.74, 6) is 1.34. The van der Waals surface area contributed by atoms with Gasteiger partial charge in [-0.3, -0.25) is 5.32 Å². The van der Waals surface area contributed by atoms with Gasteiger partial charge < -0.3 is 9.47 Å². The van der Waals surface area contributed by atoms with Crippen molar-refractivity contribution in [3.05, 3.63) is 54.1 Å². The molecule has 2 aromatic rings. The monoisotopic (exact) mass is 255 g/mol. The Bertz CT molecular complexity index is 596. The number of nitrogens with one attached hydrogen (secondary N) is 1. The number of amides is 1. The summed E-state index contributed by atoms with van der Waals surface area (Å²) < 4.78 is 10.6. The lowest BCUT2D eigenvalue weighted by Gasteiger charge is -2.07. The number of carbonyl (C=O) groups is 1. The van der Waals surface area contributed by atoms with Gasteiger partial charge in [-0.2, -0.15) is 0 Å². The van der Waals surface area contributed by atoms with E-state index in [9.17, 15) is 4.79 Å². The zero-order chi connectivity index (χ0) is 13.1. The number of hydrogen-bond donors (Lipinski definition) is 1. The summed E-state index contributed by atoms with van der Waals surface area (Å²) in [6.45, 7) is 0.702. The number of fused-ring (bicyclic) bond motifs is 1. The third kappa shape index (κ3) is 2.68. The predicted molar refractivity (Wildman–Crippen MR) is 71.7 cm³/mol. The maximum Gasteiger partial charge on any atom is 0.417 e. The standard InChI is InChI=1S/C15H13NO3/c17-15(19-13-4-2-1-3-5-13)16-12-7-6-11-8-9-18-14(11)10-12/h1-7,10H,8-9H2,(H,16,17). The van der Waals surface area contributed by atoms with Gasteiger partial charge in [0, 0.05) is 18.2 Å². The van der Waals surface area contributed by atoms with Crippen molar-refractivity contribution >= 4 is 11.8 Å². The van der Waals surface area contributed by atoms with Gasteiger partial charge in [-0.15, -0.1) is 0 Å². The second-order valence-corrected chi connectivity index (χ2v) is 4.25. The summed E-state index contributed by atoms with van der Waals surface area (Å²) >= 11 is 0. The fourth-order valence-corrected chi connectivity index (χ4v) is 1.98. The topological polar surface area (TPSA) is 47.6 Å². The van der Waals surface area contributed by atoms with Crippen LogP contribution < -0.4 is 14.8 Å². The fourth-order valence-electron chi connectivity index (χ4n) is 1.98. The van der Waals surface area contributed by atoms with Gasteiger partial charge in [0.25, 0.3) is 0 Å². The fraction of sp³-hybridized carbons (Fsp3) is 0.133. The van der Waals surface area contributed by atoms with E-state index in [1.165, 1.54) is 5.56 Å². The lowest BCUT2D eigenvalue weighted by Crippen LogP contribution is -2.16. The summed E-state index contributed by atoms with van der Waals surface area (Å²) in [6.07, 6.45) is 0.411. The molecule has 4 nitrogen and oxygen atoms in total. The Morgan fingerprint density at radius 3 is 2.84 bits per heavy atom. The highest BCUT2D eigenvalue weighted by Gasteiger charge is 2.13. The SMILES string of the molecule is O=C(Nc1ccc2c(c1)OCC2)Oc1ccccc1. The molecule has 96 valence electrons. The molecular weight excluding hydrogens is 242 g/mol. The van der Waals surface area contributed by atoms with E-state index in [1.54, 1.807) is 12.1 Å². The van der Waals surface area contributed by atoms with Crippen LogP contribution in [0.4, 0.5) is 10.5 Å². The largest absolute Gasteiger partial charge is 0.493 e. The number of para-hydroxylation sites is 1. The Morgan fingerprint density at radius 1 is 1.16 bits per heavy atom. The van der Waals surface area contributed by atoms with Crippen LogP contribution in [0.15, 0.2) is 48.5 Å². The molecule has 0 bridgehead atoms. The molecule has 0 radical (unpaired) electrons. The summed E-state index contributed by atoms with van der Waals surface area (Å²) in [4.78, 5) is 11.7. The molecule has 0 fully saturated rings. The molecule has 4 heteroatoms. The van der Waals surface area contributed by atoms with Crippen LogP contribution in [0, 0.1) is 0 Å². The molecule has 0 aliphatic carbocycles. The first-order valence-corrected chi connectivity index (χ1v) is 6.11. The summed E-state index contributed by atoms with van der Waals surface area (Å²) in [5, 5.41) is 2.68. The minimum absolute atomic E-state index is 0.510. The van der Waals surface area contributed by atoms with Crippen LogP contribution in [0.2, 0.25) is 0 Å². The molecule has 1 amide bonds. The Hall–Kier alpha value is -2.49. The molecule has 1 aliphatic heterocycles. The quantitative estimate of drug-likeness (QED) is 0.896. The number of ether oxygens (including phenoxy) is 2. The Morgan fingerprint density at radius 2 is 2.00 bits per heavy atom. The van der Waals surface area contributed by atoms with Gasteiger partial charge in [0.05, 0.1) is 6.61 Å². The average Bonchev–Trinajstić information content (AvgIpc) is 2.87. The predicted octanol–water partition coefficient (Wildman–Crippen LogP) is 3.23. The first kappa shape index (κ1) is 11.6. The molecule has 3 rings (SSSR count). The minimum Gasteiger partial charge on any atom is -0.493 e. The van der Waals surface area contributed by atoms with Crippen molar-refractivity contribution in [1.82, 2.24) is 0 Å². The zero-order valence-corrected chi connectivity index (χ0v) is 10.3. The van der Waals surface area contributed by atoms with Crippen molar-refractivity contribution in [1.29, 1.82) is 0 Å². The van der Waals surface area contributed by atoms with Crippen molar-refractivity contribution in [3.63, 3.8) is 0 Å². The Kier molecular flexibility index (Phi) is 3.06. The van der Waals surface area contributed by atoms with Crippen LogP contribution in [0.3, 0.4) is 0 Å². The maximum atomic E-state index is 11.7. The van der Waals surface area contributed by atoms with E-state index < -0.39 is 6.09 Å². The van der Waals surface area contributed by atoms with Crippen LogP contribution in [0.5, 0.6) is 11.5 Å². The lowest BCUT2D eigenvalue weighted by molar-refractivity contribution is 0.215. The number of anilines is 1. The molecule has 1 N–H and O–H groups in total. The van der Waals surface area contributed by atoms with Crippen molar-refractivity contribution in [2.45, 2.75) is 6.42 Å². The zero-order valence-electron chi connectivity index (χ0n) is 10.3. The van der Waals surface area contributed by atoms with E-state index in [0.29, 0.717) is 18.0 Å². The number of benzene rings is 2. The van der Waals surface area contributed by atoms with E-state index in [2.05, 4.69) is 5.32 Å². The van der Waals surface area contributed by atoms with Crippen LogP contribution >= 0.6 is 0 Å². The summed E-state index contributed by atoms with van der Waals surface area (Å²) in [7, 11) is 0. The molecule has 0 unspecified atom stereocenters. The van der Waals surface area contributed by atoms with Crippen molar-refractivity contribution < 1.29 is 14.3 Å². The first-order valence-electron chi connectivity index (χ1n) is 6.11. The molecule has 0 saturated carbocycles. The van der Waals surface area contributed by atoms with Gasteiger partial charge in [0.2, 0.25) is 0 Å². The number of carbonyl (C=O) groups excluding carboxylic acids is 1. The minimum atomic E-state index is -0.510. The van der Waals surface area contributed by atoms with Crippen molar-refractivity contribution in [2.24, 2.45) is 0 Å². The average molecular weight is 255 g/mol. The second kappa shape index (κ2) is 5.02. The van der Waals surface area contributed by atoms with Gasteiger partial charge in [-0.1, -0.05) is 24.3 Å². The molecular formula is C15H13NO3. The smallest absolute Gasteiger partial charge is 0.417 e. The van der Waals surface area contributed by atoms with Crippen LogP contribution in [-0.4, -0.2) is 12.7 Å². The molecule has 0 saturated heterocycles. The molecule has 0 spiro atoms. The Labute approximate surface area is 111 Å². The third-order valence-electron chi connectivity index (χ3n) is 2.90. The summed E-state index contributed by atoms with van der Waals surface area (Å²) in [6, 6.07) is 14.6. The highest BCUT2D eigenvalue weighted by atomic mass is 16.6. The lowest BCUT2D eigenvalue weighted by atomic mass is 10.1. The molecule has 0 atom stereocenters. The van der Waals surface area contributed by atoms with Gasteiger partial charge in [-0.25, -0.2) is 4.79 Å². The second-order valence-electron chi connectivity index (χ2n) is 4.25. The van der Waals surface area contributed by atoms with Crippen LogP contribution in [0.1, 0.15) is 5.56 Å². The van der Waals surface area contributed by atoms with Gasteiger partial charge in [-0.05, 0) is 23.8 Å². The van der Waals surface area contributed by atoms with Gasteiger partial charge >= 0.3 is 6.09 Å². The molecule has 1 aliphatic rings. The van der Waals surface area contributed by atoms with E-state index in [1.807, 2.05) is 36.4 Å². The molecule has 2 aromatic carbocycles. The number of rotatable bonds is 2. The highest BCUT2D eigenvalue weighted by Crippen LogP contribution is 2.28. The normalized spacial score (nSPS) is 12.4. The Balaban J connectivity index is 1.66. The maximum absolute atomic E-state index is 11.7. The molecule has 19 heavy (non-hydrogen) atoms. The van der Waals surface area contributed by atoms with E-state index in [-0.39, 0.29) is 0 Å². The van der Waals surface area contributed by atoms with E-state index >= 15 is 0 Å². The van der Waals surface area contributed by atoms with E-state index in [0.717, 1.165) is 12.2 Å². The van der Waals surface area contributed by atoms with Crippen molar-refractivity contribution in [2.75, 3.05) is 11.9 Å². The van der Waals surface area contributed by atoms with Gasteiger partial charge in [0.15, 0.2) is 0 Å².